The van der Waals surface area contributed by atoms with Crippen LogP contribution in [-0.4, -0.2) is 11.9 Å². The Morgan fingerprint density at radius 3 is 2.85 bits per heavy atom. The quantitative estimate of drug-likeness (QED) is 0.670. The number of carbonyl (C=O) groups is 1. The van der Waals surface area contributed by atoms with Crippen molar-refractivity contribution in [1.82, 2.24) is 5.32 Å². The van der Waals surface area contributed by atoms with E-state index in [9.17, 15) is 4.79 Å². The lowest BCUT2D eigenvalue weighted by molar-refractivity contribution is -0.134. The third kappa shape index (κ3) is 1.60. The zero-order valence-corrected chi connectivity index (χ0v) is 12.8. The summed E-state index contributed by atoms with van der Waals surface area (Å²) < 4.78 is 0. The number of carbonyl (C=O) groups excluding carboxylic acids is 1. The standard InChI is InChI=1S/C18H27NO/c1-17-9-3-4-13(17)12-5-6-15-18(2,14(12)7-10-17)11-8-16(20)19-15/h3,9,12-15H,4-8,10-11H2,1-2H3,(H,19,20)/t12-,13-,14+,15?,17-,18+/m0/s1. The summed E-state index contributed by atoms with van der Waals surface area (Å²) in [5.41, 5.74) is 0.836. The minimum Gasteiger partial charge on any atom is -0.353 e. The van der Waals surface area contributed by atoms with Gasteiger partial charge in [-0.1, -0.05) is 26.0 Å². The lowest BCUT2D eigenvalue weighted by atomic mass is 9.48. The smallest absolute Gasteiger partial charge is 0.220 e. The number of hydrogen-bond acceptors (Lipinski definition) is 1. The van der Waals surface area contributed by atoms with E-state index in [2.05, 4.69) is 31.3 Å². The Bertz CT molecular complexity index is 470. The molecule has 1 unspecified atom stereocenters. The van der Waals surface area contributed by atoms with Crippen LogP contribution >= 0.6 is 0 Å². The van der Waals surface area contributed by atoms with E-state index in [0.717, 1.165) is 30.6 Å². The van der Waals surface area contributed by atoms with Gasteiger partial charge in [-0.15, -0.1) is 0 Å². The lowest BCUT2D eigenvalue weighted by Gasteiger charge is -2.59. The number of rotatable bonds is 0. The van der Waals surface area contributed by atoms with Gasteiger partial charge in [0, 0.05) is 12.5 Å². The fourth-order valence-electron chi connectivity index (χ4n) is 6.18. The number of amides is 1. The molecule has 0 spiro atoms. The van der Waals surface area contributed by atoms with Crippen molar-refractivity contribution in [3.05, 3.63) is 12.2 Å². The Labute approximate surface area is 122 Å². The van der Waals surface area contributed by atoms with E-state index in [0.29, 0.717) is 16.9 Å². The van der Waals surface area contributed by atoms with Crippen LogP contribution in [0.5, 0.6) is 0 Å². The van der Waals surface area contributed by atoms with E-state index < -0.39 is 0 Å². The van der Waals surface area contributed by atoms with Crippen LogP contribution in [0.25, 0.3) is 0 Å². The Morgan fingerprint density at radius 2 is 2.00 bits per heavy atom. The summed E-state index contributed by atoms with van der Waals surface area (Å²) in [7, 11) is 0. The number of piperidine rings is 1. The number of nitrogens with one attached hydrogen (secondary N) is 1. The maximum atomic E-state index is 11.7. The molecule has 110 valence electrons. The zero-order valence-electron chi connectivity index (χ0n) is 12.8. The van der Waals surface area contributed by atoms with Gasteiger partial charge in [0.2, 0.25) is 5.91 Å². The molecule has 1 saturated heterocycles. The molecule has 6 atom stereocenters. The minimum absolute atomic E-state index is 0.286. The fourth-order valence-corrected chi connectivity index (χ4v) is 6.18. The van der Waals surface area contributed by atoms with Gasteiger partial charge in [0.15, 0.2) is 0 Å². The van der Waals surface area contributed by atoms with Crippen LogP contribution < -0.4 is 5.32 Å². The molecule has 0 aromatic heterocycles. The Morgan fingerprint density at radius 1 is 1.15 bits per heavy atom. The van der Waals surface area contributed by atoms with Crippen LogP contribution in [0, 0.1) is 28.6 Å². The van der Waals surface area contributed by atoms with Crippen molar-refractivity contribution in [2.75, 3.05) is 0 Å². The first-order chi connectivity index (χ1) is 9.53. The zero-order chi connectivity index (χ0) is 14.0. The third-order valence-electron chi connectivity index (χ3n) is 7.42. The summed E-state index contributed by atoms with van der Waals surface area (Å²) in [6, 6.07) is 0.448. The molecule has 2 nitrogen and oxygen atoms in total. The molecule has 3 fully saturated rings. The Balaban J connectivity index is 1.64. The first-order valence-corrected chi connectivity index (χ1v) is 8.50. The van der Waals surface area contributed by atoms with Crippen LogP contribution in [0.2, 0.25) is 0 Å². The van der Waals surface area contributed by atoms with Crippen molar-refractivity contribution in [3.63, 3.8) is 0 Å². The summed E-state index contributed by atoms with van der Waals surface area (Å²) in [5, 5.41) is 3.31. The second kappa shape index (κ2) is 4.11. The summed E-state index contributed by atoms with van der Waals surface area (Å²) in [6.07, 6.45) is 13.3. The van der Waals surface area contributed by atoms with Crippen molar-refractivity contribution < 1.29 is 4.79 Å². The molecule has 2 saturated carbocycles. The molecule has 20 heavy (non-hydrogen) atoms. The van der Waals surface area contributed by atoms with Crippen molar-refractivity contribution in [2.45, 2.75) is 64.8 Å². The number of fused-ring (bicyclic) bond motifs is 5. The predicted octanol–water partition coefficient (Wildman–Crippen LogP) is 3.67. The average Bonchev–Trinajstić information content (AvgIpc) is 2.81. The van der Waals surface area contributed by atoms with E-state index >= 15 is 0 Å². The summed E-state index contributed by atoms with van der Waals surface area (Å²) in [6.45, 7) is 4.95. The van der Waals surface area contributed by atoms with Crippen molar-refractivity contribution in [3.8, 4) is 0 Å². The average molecular weight is 273 g/mol. The predicted molar refractivity (Wildman–Crippen MR) is 80.1 cm³/mol. The van der Waals surface area contributed by atoms with Gasteiger partial charge in [-0.3, -0.25) is 4.79 Å². The van der Waals surface area contributed by atoms with Gasteiger partial charge in [0.25, 0.3) is 0 Å². The monoisotopic (exact) mass is 273 g/mol. The Kier molecular flexibility index (Phi) is 2.66. The van der Waals surface area contributed by atoms with Crippen LogP contribution in [-0.2, 0) is 4.79 Å². The number of hydrogen-bond donors (Lipinski definition) is 1. The molecule has 0 aromatic carbocycles. The third-order valence-corrected chi connectivity index (χ3v) is 7.42. The molecule has 1 amide bonds. The Hall–Kier alpha value is -0.790. The normalized spacial score (nSPS) is 53.8. The van der Waals surface area contributed by atoms with E-state index in [1.165, 1.54) is 32.1 Å². The molecule has 4 rings (SSSR count). The fraction of sp³-hybridized carbons (Fsp3) is 0.833. The van der Waals surface area contributed by atoms with Gasteiger partial charge >= 0.3 is 0 Å². The van der Waals surface area contributed by atoms with Crippen LogP contribution in [0.4, 0.5) is 0 Å². The SMILES string of the molecule is C[C@@]12C=CC[C@H]1[C@@H]1CCC3NC(=O)CC[C@]3(C)[C@@H]1CC2. The molecule has 0 aromatic rings. The molecule has 0 radical (unpaired) electrons. The molecule has 1 N–H and O–H groups in total. The van der Waals surface area contributed by atoms with Gasteiger partial charge in [0.05, 0.1) is 0 Å². The molecule has 0 bridgehead atoms. The van der Waals surface area contributed by atoms with Gasteiger partial charge in [0.1, 0.15) is 0 Å². The van der Waals surface area contributed by atoms with Crippen LogP contribution in [0.15, 0.2) is 12.2 Å². The molecule has 3 aliphatic carbocycles. The first-order valence-electron chi connectivity index (χ1n) is 8.50. The van der Waals surface area contributed by atoms with Crippen LogP contribution in [0.1, 0.15) is 58.8 Å². The molecule has 4 aliphatic rings. The highest BCUT2D eigenvalue weighted by Gasteiger charge is 2.57. The van der Waals surface area contributed by atoms with Crippen molar-refractivity contribution in [1.29, 1.82) is 0 Å². The van der Waals surface area contributed by atoms with Gasteiger partial charge in [-0.05, 0) is 67.1 Å². The van der Waals surface area contributed by atoms with E-state index in [1.54, 1.807) is 0 Å². The molecule has 2 heteroatoms. The maximum Gasteiger partial charge on any atom is 0.220 e. The topological polar surface area (TPSA) is 29.1 Å². The second-order valence-corrected chi connectivity index (χ2v) is 8.26. The lowest BCUT2D eigenvalue weighted by Crippen LogP contribution is -2.60. The van der Waals surface area contributed by atoms with Gasteiger partial charge in [-0.25, -0.2) is 0 Å². The largest absolute Gasteiger partial charge is 0.353 e. The van der Waals surface area contributed by atoms with Crippen molar-refractivity contribution >= 4 is 5.91 Å². The van der Waals surface area contributed by atoms with E-state index in [1.807, 2.05) is 0 Å². The minimum atomic E-state index is 0.286. The summed E-state index contributed by atoms with van der Waals surface area (Å²) in [4.78, 5) is 11.7. The van der Waals surface area contributed by atoms with E-state index in [4.69, 9.17) is 0 Å². The highest BCUT2D eigenvalue weighted by Crippen LogP contribution is 2.62. The van der Waals surface area contributed by atoms with Crippen molar-refractivity contribution in [2.24, 2.45) is 28.6 Å². The summed E-state index contributed by atoms with van der Waals surface area (Å²) >= 11 is 0. The van der Waals surface area contributed by atoms with E-state index in [-0.39, 0.29) is 5.91 Å². The molecular weight excluding hydrogens is 246 g/mol. The molecule has 1 heterocycles. The summed E-state index contributed by atoms with van der Waals surface area (Å²) in [5.74, 6) is 2.88. The number of allylic oxidation sites excluding steroid dienone is 2. The molecule has 1 aliphatic heterocycles. The van der Waals surface area contributed by atoms with Gasteiger partial charge < -0.3 is 5.32 Å². The van der Waals surface area contributed by atoms with Gasteiger partial charge in [-0.2, -0.15) is 0 Å². The maximum absolute atomic E-state index is 11.7. The highest BCUT2D eigenvalue weighted by molar-refractivity contribution is 5.77. The molecular formula is C18H27NO. The second-order valence-electron chi connectivity index (χ2n) is 8.26. The highest BCUT2D eigenvalue weighted by atomic mass is 16.1. The first kappa shape index (κ1) is 12.9. The van der Waals surface area contributed by atoms with Crippen LogP contribution in [0.3, 0.4) is 0 Å².